The fourth-order valence-corrected chi connectivity index (χ4v) is 0.530. The Morgan fingerprint density at radius 3 is 2.08 bits per heavy atom. The number of aliphatic hydroxyl groups is 2. The van der Waals surface area contributed by atoms with Crippen LogP contribution in [0.3, 0.4) is 0 Å². The number of nitrogens with one attached hydrogen (secondary N) is 1. The number of halogens is 1. The van der Waals surface area contributed by atoms with Crippen LogP contribution in [0.1, 0.15) is 19.8 Å². The molecule has 0 bridgehead atoms. The molecule has 0 rings (SSSR count). The molecule has 3 nitrogen and oxygen atoms in total. The Bertz CT molecular complexity index is 57.0. The summed E-state index contributed by atoms with van der Waals surface area (Å²) in [6, 6.07) is 0. The summed E-state index contributed by atoms with van der Waals surface area (Å²) in [5, 5.41) is 19.2. The summed E-state index contributed by atoms with van der Waals surface area (Å²) >= 11 is 5.36. The van der Waals surface area contributed by atoms with Gasteiger partial charge in [0.2, 0.25) is 0 Å². The zero-order valence-corrected chi connectivity index (χ0v) is 8.48. The fourth-order valence-electron chi connectivity index (χ4n) is 0.396. The molecule has 0 aliphatic heterocycles. The molecule has 76 valence electrons. The highest BCUT2D eigenvalue weighted by Gasteiger charge is 1.82. The van der Waals surface area contributed by atoms with E-state index in [-0.39, 0.29) is 6.61 Å². The molecule has 0 heterocycles. The van der Waals surface area contributed by atoms with E-state index in [0.29, 0.717) is 12.5 Å². The van der Waals surface area contributed by atoms with E-state index in [1.165, 1.54) is 0 Å². The van der Waals surface area contributed by atoms with Gasteiger partial charge in [0.05, 0.1) is 0 Å². The summed E-state index contributed by atoms with van der Waals surface area (Å²) in [7, 11) is 0. The summed E-state index contributed by atoms with van der Waals surface area (Å²) < 4.78 is 0. The van der Waals surface area contributed by atoms with Gasteiger partial charge in [0.25, 0.3) is 0 Å². The Balaban J connectivity index is 0. The standard InChI is InChI=1S/C5H12ClNO.C3H8O/c6-2-4-7-3-1-5-8;1-2-3-4/h7-8H,1-5H2;4H,2-3H2,1H3. The SMILES string of the molecule is CCCO.OCCCNCCCl. The van der Waals surface area contributed by atoms with Gasteiger partial charge in [-0.15, -0.1) is 11.6 Å². The lowest BCUT2D eigenvalue weighted by atomic mass is 10.4. The minimum absolute atomic E-state index is 0.259. The van der Waals surface area contributed by atoms with E-state index < -0.39 is 0 Å². The molecule has 12 heavy (non-hydrogen) atoms. The van der Waals surface area contributed by atoms with Crippen molar-refractivity contribution in [2.75, 3.05) is 32.2 Å². The highest BCUT2D eigenvalue weighted by Crippen LogP contribution is 1.72. The third-order valence-corrected chi connectivity index (χ3v) is 1.20. The Labute approximate surface area is 79.7 Å². The topological polar surface area (TPSA) is 52.5 Å². The van der Waals surface area contributed by atoms with Gasteiger partial charge >= 0.3 is 0 Å². The van der Waals surface area contributed by atoms with Gasteiger partial charge in [-0.25, -0.2) is 0 Å². The molecule has 0 spiro atoms. The van der Waals surface area contributed by atoms with Crippen molar-refractivity contribution in [3.8, 4) is 0 Å². The van der Waals surface area contributed by atoms with Crippen LogP contribution in [0.2, 0.25) is 0 Å². The predicted octanol–water partition coefficient (Wildman–Crippen LogP) is 0.586. The van der Waals surface area contributed by atoms with E-state index in [1.54, 1.807) is 0 Å². The highest BCUT2D eigenvalue weighted by atomic mass is 35.5. The Kier molecular flexibility index (Phi) is 21.2. The molecule has 0 aromatic heterocycles. The summed E-state index contributed by atoms with van der Waals surface area (Å²) in [6.07, 6.45) is 1.69. The Morgan fingerprint density at radius 1 is 1.17 bits per heavy atom. The van der Waals surface area contributed by atoms with E-state index in [2.05, 4.69) is 5.32 Å². The van der Waals surface area contributed by atoms with Crippen molar-refractivity contribution in [2.45, 2.75) is 19.8 Å². The number of rotatable bonds is 6. The number of alkyl halides is 1. The molecule has 0 radical (unpaired) electrons. The van der Waals surface area contributed by atoms with Gasteiger partial charge in [-0.1, -0.05) is 6.92 Å². The minimum atomic E-state index is 0.259. The molecular weight excluding hydrogens is 178 g/mol. The zero-order chi connectivity index (χ0) is 9.66. The maximum absolute atomic E-state index is 8.29. The van der Waals surface area contributed by atoms with Crippen molar-refractivity contribution < 1.29 is 10.2 Å². The van der Waals surface area contributed by atoms with Crippen molar-refractivity contribution in [1.82, 2.24) is 5.32 Å². The lowest BCUT2D eigenvalue weighted by Gasteiger charge is -1.97. The van der Waals surface area contributed by atoms with Gasteiger partial charge in [0.1, 0.15) is 0 Å². The summed E-state index contributed by atoms with van der Waals surface area (Å²) in [4.78, 5) is 0. The second kappa shape index (κ2) is 17.3. The van der Waals surface area contributed by atoms with Gasteiger partial charge in [0.15, 0.2) is 0 Å². The molecule has 0 saturated heterocycles. The molecule has 4 heteroatoms. The first kappa shape index (κ1) is 14.7. The smallest absolute Gasteiger partial charge is 0.0443 e. The molecule has 0 unspecified atom stereocenters. The molecule has 0 aliphatic rings. The van der Waals surface area contributed by atoms with Crippen molar-refractivity contribution in [1.29, 1.82) is 0 Å². The van der Waals surface area contributed by atoms with E-state index in [1.807, 2.05) is 6.92 Å². The lowest BCUT2D eigenvalue weighted by Crippen LogP contribution is -2.18. The predicted molar refractivity (Wildman–Crippen MR) is 52.7 cm³/mol. The molecule has 0 saturated carbocycles. The van der Waals surface area contributed by atoms with Crippen molar-refractivity contribution in [2.24, 2.45) is 0 Å². The second-order valence-electron chi connectivity index (χ2n) is 2.24. The average Bonchev–Trinajstić information content (AvgIpc) is 2.13. The molecule has 0 aromatic carbocycles. The largest absolute Gasteiger partial charge is 0.396 e. The first-order valence-electron chi connectivity index (χ1n) is 4.31. The van der Waals surface area contributed by atoms with Crippen LogP contribution in [0.5, 0.6) is 0 Å². The quantitative estimate of drug-likeness (QED) is 0.432. The first-order chi connectivity index (χ1) is 5.83. The van der Waals surface area contributed by atoms with Gasteiger partial charge < -0.3 is 15.5 Å². The molecule has 0 fully saturated rings. The molecule has 0 aromatic rings. The van der Waals surface area contributed by atoms with Crippen LogP contribution < -0.4 is 5.32 Å². The van der Waals surface area contributed by atoms with Crippen molar-refractivity contribution in [3.63, 3.8) is 0 Å². The summed E-state index contributed by atoms with van der Waals surface area (Å²) in [5.74, 6) is 0.644. The maximum atomic E-state index is 8.29. The number of aliphatic hydroxyl groups excluding tert-OH is 2. The Hall–Kier alpha value is 0.170. The minimum Gasteiger partial charge on any atom is -0.396 e. The monoisotopic (exact) mass is 197 g/mol. The van der Waals surface area contributed by atoms with Crippen LogP contribution in [-0.4, -0.2) is 42.4 Å². The Morgan fingerprint density at radius 2 is 1.75 bits per heavy atom. The number of hydrogen-bond donors (Lipinski definition) is 3. The zero-order valence-electron chi connectivity index (χ0n) is 7.72. The van der Waals surface area contributed by atoms with Crippen LogP contribution in [0, 0.1) is 0 Å². The average molecular weight is 198 g/mol. The van der Waals surface area contributed by atoms with Gasteiger partial charge in [0, 0.05) is 25.6 Å². The molecule has 3 N–H and O–H groups in total. The van der Waals surface area contributed by atoms with Crippen LogP contribution in [0.25, 0.3) is 0 Å². The normalized spacial score (nSPS) is 9.00. The van der Waals surface area contributed by atoms with E-state index in [0.717, 1.165) is 25.9 Å². The van der Waals surface area contributed by atoms with Gasteiger partial charge in [-0.3, -0.25) is 0 Å². The lowest BCUT2D eigenvalue weighted by molar-refractivity contribution is 0.286. The summed E-state index contributed by atoms with van der Waals surface area (Å²) in [5.41, 5.74) is 0. The van der Waals surface area contributed by atoms with Crippen LogP contribution in [0.4, 0.5) is 0 Å². The van der Waals surface area contributed by atoms with Crippen LogP contribution >= 0.6 is 11.6 Å². The van der Waals surface area contributed by atoms with Crippen molar-refractivity contribution >= 4 is 11.6 Å². The van der Waals surface area contributed by atoms with Gasteiger partial charge in [-0.05, 0) is 19.4 Å². The van der Waals surface area contributed by atoms with Crippen LogP contribution in [-0.2, 0) is 0 Å². The third kappa shape index (κ3) is 22.5. The molecule has 0 amide bonds. The van der Waals surface area contributed by atoms with E-state index >= 15 is 0 Å². The second-order valence-corrected chi connectivity index (χ2v) is 2.62. The van der Waals surface area contributed by atoms with Crippen molar-refractivity contribution in [3.05, 3.63) is 0 Å². The highest BCUT2D eigenvalue weighted by molar-refractivity contribution is 6.18. The number of hydrogen-bond acceptors (Lipinski definition) is 3. The maximum Gasteiger partial charge on any atom is 0.0443 e. The molecule has 0 aliphatic carbocycles. The van der Waals surface area contributed by atoms with E-state index in [4.69, 9.17) is 21.8 Å². The first-order valence-corrected chi connectivity index (χ1v) is 4.85. The third-order valence-electron chi connectivity index (χ3n) is 1.01. The van der Waals surface area contributed by atoms with E-state index in [9.17, 15) is 0 Å². The molecular formula is C8H20ClNO2. The fraction of sp³-hybridized carbons (Fsp3) is 1.00. The molecule has 0 atom stereocenters. The van der Waals surface area contributed by atoms with Crippen LogP contribution in [0.15, 0.2) is 0 Å². The van der Waals surface area contributed by atoms with Gasteiger partial charge in [-0.2, -0.15) is 0 Å². The summed E-state index contributed by atoms with van der Waals surface area (Å²) in [6.45, 7) is 4.21.